The van der Waals surface area contributed by atoms with E-state index in [0.29, 0.717) is 11.5 Å². The van der Waals surface area contributed by atoms with Crippen LogP contribution in [0.5, 0.6) is 0 Å². The first-order chi connectivity index (χ1) is 7.33. The molecule has 0 aliphatic heterocycles. The Morgan fingerprint density at radius 3 is 2.38 bits per heavy atom. The van der Waals surface area contributed by atoms with Gasteiger partial charge in [-0.3, -0.25) is 0 Å². The normalized spacial score (nSPS) is 13.9. The predicted molar refractivity (Wildman–Crippen MR) is 72.1 cm³/mol. The van der Waals surface area contributed by atoms with Crippen molar-refractivity contribution >= 4 is 11.6 Å². The summed E-state index contributed by atoms with van der Waals surface area (Å²) in [7, 11) is 2.00. The first kappa shape index (κ1) is 13.5. The zero-order valence-electron chi connectivity index (χ0n) is 10.9. The Labute approximate surface area is 104 Å². The molecule has 0 amide bonds. The highest BCUT2D eigenvalue weighted by molar-refractivity contribution is 6.31. The summed E-state index contributed by atoms with van der Waals surface area (Å²) in [6.07, 6.45) is 1.10. The average Bonchev–Trinajstić information content (AvgIpc) is 2.17. The van der Waals surface area contributed by atoms with Gasteiger partial charge in [0.1, 0.15) is 0 Å². The Kier molecular flexibility index (Phi) is 4.40. The summed E-state index contributed by atoms with van der Waals surface area (Å²) >= 11 is 6.16. The number of hydrogen-bond donors (Lipinski definition) is 1. The van der Waals surface area contributed by atoms with Crippen LogP contribution in [0.2, 0.25) is 5.02 Å². The Hall–Kier alpha value is -0.530. The number of rotatable bonds is 3. The molecule has 2 heteroatoms. The molecule has 0 aliphatic carbocycles. The Morgan fingerprint density at radius 2 is 1.94 bits per heavy atom. The second kappa shape index (κ2) is 5.20. The molecule has 0 fully saturated rings. The van der Waals surface area contributed by atoms with Crippen molar-refractivity contribution in [3.63, 3.8) is 0 Å². The van der Waals surface area contributed by atoms with Gasteiger partial charge in [-0.2, -0.15) is 0 Å². The third kappa shape index (κ3) is 3.80. The highest BCUT2D eigenvalue weighted by Crippen LogP contribution is 2.30. The van der Waals surface area contributed by atoms with E-state index in [9.17, 15) is 0 Å². The number of hydrogen-bond acceptors (Lipinski definition) is 1. The van der Waals surface area contributed by atoms with E-state index in [1.165, 1.54) is 5.56 Å². The van der Waals surface area contributed by atoms with Crippen LogP contribution in [-0.2, 0) is 0 Å². The van der Waals surface area contributed by atoms with E-state index in [4.69, 9.17) is 11.6 Å². The van der Waals surface area contributed by atoms with Gasteiger partial charge in [0, 0.05) is 11.1 Å². The van der Waals surface area contributed by atoms with Gasteiger partial charge in [-0.05, 0) is 43.0 Å². The molecule has 0 heterocycles. The van der Waals surface area contributed by atoms with Gasteiger partial charge in [0.25, 0.3) is 0 Å². The molecule has 0 bridgehead atoms. The molecule has 1 aromatic rings. The highest BCUT2D eigenvalue weighted by Gasteiger charge is 2.19. The third-order valence-electron chi connectivity index (χ3n) is 2.76. The van der Waals surface area contributed by atoms with Gasteiger partial charge in [0.15, 0.2) is 0 Å². The highest BCUT2D eigenvalue weighted by atomic mass is 35.5. The maximum absolute atomic E-state index is 6.16. The van der Waals surface area contributed by atoms with Crippen LogP contribution in [0.15, 0.2) is 18.2 Å². The molecule has 0 saturated carbocycles. The van der Waals surface area contributed by atoms with E-state index < -0.39 is 0 Å². The number of aryl methyl sites for hydroxylation is 1. The molecule has 1 N–H and O–H groups in total. The van der Waals surface area contributed by atoms with Crippen molar-refractivity contribution in [2.75, 3.05) is 7.05 Å². The number of benzene rings is 1. The minimum atomic E-state index is 0.311. The second-order valence-electron chi connectivity index (χ2n) is 5.61. The molecule has 0 radical (unpaired) electrons. The molecular formula is C14H22ClN. The smallest absolute Gasteiger partial charge is 0.0438 e. The third-order valence-corrected chi connectivity index (χ3v) is 3.17. The van der Waals surface area contributed by atoms with Crippen LogP contribution < -0.4 is 5.32 Å². The molecule has 0 spiro atoms. The van der Waals surface area contributed by atoms with Crippen LogP contribution in [0.4, 0.5) is 0 Å². The van der Waals surface area contributed by atoms with Crippen LogP contribution >= 0.6 is 11.6 Å². The predicted octanol–water partition coefficient (Wildman–Crippen LogP) is 4.35. The topological polar surface area (TPSA) is 12.0 Å². The van der Waals surface area contributed by atoms with E-state index in [2.05, 4.69) is 44.3 Å². The van der Waals surface area contributed by atoms with Gasteiger partial charge in [-0.15, -0.1) is 0 Å². The lowest BCUT2D eigenvalue weighted by Crippen LogP contribution is -2.22. The Morgan fingerprint density at radius 1 is 1.31 bits per heavy atom. The SMILES string of the molecule is CNC(CC(C)(C)C)c1ccc(C)c(Cl)c1. The first-order valence-electron chi connectivity index (χ1n) is 5.77. The van der Waals surface area contributed by atoms with Crippen LogP contribution in [0.3, 0.4) is 0 Å². The minimum absolute atomic E-state index is 0.311. The Bertz CT molecular complexity index is 352. The summed E-state index contributed by atoms with van der Waals surface area (Å²) in [4.78, 5) is 0. The lowest BCUT2D eigenvalue weighted by Gasteiger charge is -2.26. The monoisotopic (exact) mass is 239 g/mol. The minimum Gasteiger partial charge on any atom is -0.313 e. The van der Waals surface area contributed by atoms with Gasteiger partial charge in [-0.1, -0.05) is 44.5 Å². The van der Waals surface area contributed by atoms with E-state index in [1.807, 2.05) is 14.0 Å². The summed E-state index contributed by atoms with van der Waals surface area (Å²) in [5.41, 5.74) is 2.72. The van der Waals surface area contributed by atoms with Gasteiger partial charge in [0.2, 0.25) is 0 Å². The summed E-state index contributed by atoms with van der Waals surface area (Å²) in [6, 6.07) is 6.70. The number of nitrogens with one attached hydrogen (secondary N) is 1. The van der Waals surface area contributed by atoms with E-state index in [0.717, 1.165) is 17.0 Å². The van der Waals surface area contributed by atoms with E-state index in [-0.39, 0.29) is 0 Å². The Balaban J connectivity index is 2.91. The molecule has 1 atom stereocenters. The summed E-state index contributed by atoms with van der Waals surface area (Å²) < 4.78 is 0. The van der Waals surface area contributed by atoms with Crippen molar-refractivity contribution in [3.05, 3.63) is 34.3 Å². The van der Waals surface area contributed by atoms with Crippen molar-refractivity contribution in [1.82, 2.24) is 5.32 Å². The molecule has 0 saturated heterocycles. The van der Waals surface area contributed by atoms with Crippen molar-refractivity contribution in [2.24, 2.45) is 5.41 Å². The lowest BCUT2D eigenvalue weighted by atomic mass is 9.85. The van der Waals surface area contributed by atoms with Crippen molar-refractivity contribution in [1.29, 1.82) is 0 Å². The largest absolute Gasteiger partial charge is 0.313 e. The second-order valence-corrected chi connectivity index (χ2v) is 6.02. The van der Waals surface area contributed by atoms with Gasteiger partial charge in [-0.25, -0.2) is 0 Å². The quantitative estimate of drug-likeness (QED) is 0.827. The molecule has 1 aromatic carbocycles. The standard InChI is InChI=1S/C14H22ClN/c1-10-6-7-11(8-12(10)15)13(16-5)9-14(2,3)4/h6-8,13,16H,9H2,1-5H3. The van der Waals surface area contributed by atoms with Crippen LogP contribution in [0.25, 0.3) is 0 Å². The number of halogens is 1. The van der Waals surface area contributed by atoms with Crippen molar-refractivity contribution < 1.29 is 0 Å². The maximum atomic E-state index is 6.16. The summed E-state index contributed by atoms with van der Waals surface area (Å²) in [5, 5.41) is 4.22. The summed E-state index contributed by atoms with van der Waals surface area (Å²) in [5.74, 6) is 0. The van der Waals surface area contributed by atoms with Crippen molar-refractivity contribution in [2.45, 2.75) is 40.2 Å². The first-order valence-corrected chi connectivity index (χ1v) is 6.14. The van der Waals surface area contributed by atoms with E-state index >= 15 is 0 Å². The van der Waals surface area contributed by atoms with Gasteiger partial charge >= 0.3 is 0 Å². The van der Waals surface area contributed by atoms with Gasteiger partial charge in [0.05, 0.1) is 0 Å². The van der Waals surface area contributed by atoms with Crippen molar-refractivity contribution in [3.8, 4) is 0 Å². The van der Waals surface area contributed by atoms with Crippen LogP contribution in [-0.4, -0.2) is 7.05 Å². The summed E-state index contributed by atoms with van der Waals surface area (Å²) in [6.45, 7) is 8.80. The zero-order valence-corrected chi connectivity index (χ0v) is 11.7. The zero-order chi connectivity index (χ0) is 12.3. The molecular weight excluding hydrogens is 218 g/mol. The molecule has 0 aromatic heterocycles. The molecule has 0 aliphatic rings. The maximum Gasteiger partial charge on any atom is 0.0438 e. The molecule has 1 unspecified atom stereocenters. The fourth-order valence-electron chi connectivity index (χ4n) is 1.82. The molecule has 1 rings (SSSR count). The average molecular weight is 240 g/mol. The molecule has 90 valence electrons. The fourth-order valence-corrected chi connectivity index (χ4v) is 2.01. The van der Waals surface area contributed by atoms with Crippen LogP contribution in [0.1, 0.15) is 44.4 Å². The van der Waals surface area contributed by atoms with Gasteiger partial charge < -0.3 is 5.32 Å². The van der Waals surface area contributed by atoms with E-state index in [1.54, 1.807) is 0 Å². The lowest BCUT2D eigenvalue weighted by molar-refractivity contribution is 0.321. The fraction of sp³-hybridized carbons (Fsp3) is 0.571. The van der Waals surface area contributed by atoms with Crippen LogP contribution in [0, 0.1) is 12.3 Å². The molecule has 16 heavy (non-hydrogen) atoms. The molecule has 1 nitrogen and oxygen atoms in total.